The Morgan fingerprint density at radius 2 is 2.10 bits per heavy atom. The largest absolute Gasteiger partial charge is 0.493 e. The second-order valence-corrected chi connectivity index (χ2v) is 6.94. The third-order valence-electron chi connectivity index (χ3n) is 4.57. The fraction of sp³-hybridized carbons (Fsp3) is 0.409. The molecular formula is C22H30IN5O2. The molecule has 7 nitrogen and oxygen atoms in total. The molecule has 0 saturated heterocycles. The van der Waals surface area contributed by atoms with Crippen molar-refractivity contribution in [3.63, 3.8) is 0 Å². The topological polar surface area (TPSA) is 87.6 Å². The van der Waals surface area contributed by atoms with E-state index >= 15 is 0 Å². The van der Waals surface area contributed by atoms with Gasteiger partial charge in [0.05, 0.1) is 13.2 Å². The van der Waals surface area contributed by atoms with Gasteiger partial charge < -0.3 is 20.7 Å². The molecule has 1 aliphatic heterocycles. The quantitative estimate of drug-likeness (QED) is 0.281. The van der Waals surface area contributed by atoms with Crippen molar-refractivity contribution < 1.29 is 9.53 Å². The van der Waals surface area contributed by atoms with E-state index in [-0.39, 0.29) is 29.9 Å². The molecule has 0 atom stereocenters. The lowest BCUT2D eigenvalue weighted by Gasteiger charge is -2.12. The van der Waals surface area contributed by atoms with Crippen LogP contribution in [-0.2, 0) is 17.6 Å². The Balaban J connectivity index is 0.00000320. The molecule has 1 aliphatic rings. The third kappa shape index (κ3) is 7.47. The fourth-order valence-corrected chi connectivity index (χ4v) is 3.15. The van der Waals surface area contributed by atoms with Gasteiger partial charge in [-0.3, -0.25) is 9.79 Å². The lowest BCUT2D eigenvalue weighted by atomic mass is 10.1. The molecule has 0 saturated carbocycles. The first kappa shape index (κ1) is 23.9. The molecule has 162 valence electrons. The van der Waals surface area contributed by atoms with Crippen LogP contribution in [0.5, 0.6) is 5.75 Å². The van der Waals surface area contributed by atoms with Gasteiger partial charge in [0.1, 0.15) is 11.6 Å². The summed E-state index contributed by atoms with van der Waals surface area (Å²) in [7, 11) is 0. The Labute approximate surface area is 195 Å². The molecule has 3 rings (SSSR count). The minimum atomic E-state index is -0.0944. The van der Waals surface area contributed by atoms with Crippen LogP contribution >= 0.6 is 24.0 Å². The Kier molecular flexibility index (Phi) is 9.85. The average Bonchev–Trinajstić information content (AvgIpc) is 3.16. The van der Waals surface area contributed by atoms with Crippen LogP contribution in [0.25, 0.3) is 0 Å². The Hall–Kier alpha value is -2.36. The normalized spacial score (nSPS) is 12.4. The number of aliphatic imine (C=N–C) groups is 1. The van der Waals surface area contributed by atoms with Gasteiger partial charge in [-0.2, -0.15) is 0 Å². The van der Waals surface area contributed by atoms with Crippen molar-refractivity contribution in [1.82, 2.24) is 15.6 Å². The van der Waals surface area contributed by atoms with Crippen molar-refractivity contribution in [2.24, 2.45) is 4.99 Å². The van der Waals surface area contributed by atoms with E-state index in [1.165, 1.54) is 11.1 Å². The number of amides is 1. The van der Waals surface area contributed by atoms with Crippen LogP contribution in [0.3, 0.4) is 0 Å². The molecule has 0 spiro atoms. The number of anilines is 1. The Morgan fingerprint density at radius 1 is 1.23 bits per heavy atom. The van der Waals surface area contributed by atoms with Crippen molar-refractivity contribution in [2.75, 3.05) is 31.6 Å². The van der Waals surface area contributed by atoms with Gasteiger partial charge in [-0.1, -0.05) is 18.2 Å². The molecule has 0 fully saturated rings. The Bertz CT molecular complexity index is 872. The predicted octanol–water partition coefficient (Wildman–Crippen LogP) is 3.07. The molecule has 8 heteroatoms. The number of pyridine rings is 1. The number of guanidine groups is 1. The Morgan fingerprint density at radius 3 is 2.90 bits per heavy atom. The number of rotatable bonds is 8. The summed E-state index contributed by atoms with van der Waals surface area (Å²) < 4.78 is 5.55. The molecule has 30 heavy (non-hydrogen) atoms. The minimum Gasteiger partial charge on any atom is -0.493 e. The van der Waals surface area contributed by atoms with Gasteiger partial charge in [-0.25, -0.2) is 4.98 Å². The van der Waals surface area contributed by atoms with Crippen molar-refractivity contribution in [3.05, 3.63) is 53.2 Å². The zero-order valence-electron chi connectivity index (χ0n) is 17.5. The molecule has 3 N–H and O–H groups in total. The van der Waals surface area contributed by atoms with Crippen LogP contribution in [-0.4, -0.2) is 43.1 Å². The maximum absolute atomic E-state index is 12.1. The molecule has 1 aromatic carbocycles. The van der Waals surface area contributed by atoms with E-state index in [0.29, 0.717) is 18.8 Å². The third-order valence-corrected chi connectivity index (χ3v) is 4.57. The maximum Gasteiger partial charge on any atom is 0.227 e. The summed E-state index contributed by atoms with van der Waals surface area (Å²) >= 11 is 0. The molecule has 0 radical (unpaired) electrons. The first-order chi connectivity index (χ1) is 14.1. The number of nitrogens with one attached hydrogen (secondary N) is 3. The molecule has 0 aliphatic carbocycles. The van der Waals surface area contributed by atoms with Crippen molar-refractivity contribution in [3.8, 4) is 5.75 Å². The van der Waals surface area contributed by atoms with E-state index in [1.54, 1.807) is 6.07 Å². The van der Waals surface area contributed by atoms with Gasteiger partial charge in [0.15, 0.2) is 5.96 Å². The lowest BCUT2D eigenvalue weighted by molar-refractivity contribution is -0.116. The number of carbonyl (C=O) groups is 1. The van der Waals surface area contributed by atoms with Crippen LogP contribution in [0.2, 0.25) is 0 Å². The first-order valence-electron chi connectivity index (χ1n) is 10.1. The zero-order valence-corrected chi connectivity index (χ0v) is 19.9. The second-order valence-electron chi connectivity index (χ2n) is 6.94. The number of aromatic nitrogens is 1. The molecule has 1 aromatic heterocycles. The smallest absolute Gasteiger partial charge is 0.227 e. The number of aryl methyl sites for hydroxylation is 1. The fourth-order valence-electron chi connectivity index (χ4n) is 3.15. The van der Waals surface area contributed by atoms with E-state index in [9.17, 15) is 4.79 Å². The van der Waals surface area contributed by atoms with E-state index in [0.717, 1.165) is 49.9 Å². The van der Waals surface area contributed by atoms with Gasteiger partial charge in [-0.05, 0) is 49.6 Å². The highest BCUT2D eigenvalue weighted by Crippen LogP contribution is 2.25. The molecule has 0 bridgehead atoms. The number of benzene rings is 1. The van der Waals surface area contributed by atoms with Gasteiger partial charge >= 0.3 is 0 Å². The zero-order chi connectivity index (χ0) is 20.5. The summed E-state index contributed by atoms with van der Waals surface area (Å²) in [6.07, 6.45) is 2.19. The molecule has 2 aromatic rings. The summed E-state index contributed by atoms with van der Waals surface area (Å²) in [4.78, 5) is 20.9. The van der Waals surface area contributed by atoms with Crippen molar-refractivity contribution >= 4 is 41.7 Å². The highest BCUT2D eigenvalue weighted by Gasteiger charge is 2.11. The number of ether oxygens (including phenoxy) is 1. The van der Waals surface area contributed by atoms with Crippen LogP contribution in [0, 0.1) is 6.92 Å². The van der Waals surface area contributed by atoms with Crippen molar-refractivity contribution in [2.45, 2.75) is 33.1 Å². The van der Waals surface area contributed by atoms with E-state index in [2.05, 4.69) is 44.1 Å². The average molecular weight is 523 g/mol. The van der Waals surface area contributed by atoms with E-state index < -0.39 is 0 Å². The number of fused-ring (bicyclic) bond motifs is 1. The van der Waals surface area contributed by atoms with Crippen LogP contribution in [0.1, 0.15) is 30.2 Å². The van der Waals surface area contributed by atoms with E-state index in [4.69, 9.17) is 4.74 Å². The van der Waals surface area contributed by atoms with Crippen molar-refractivity contribution in [1.29, 1.82) is 0 Å². The lowest BCUT2D eigenvalue weighted by Crippen LogP contribution is -2.38. The maximum atomic E-state index is 12.1. The van der Waals surface area contributed by atoms with Gasteiger partial charge in [0.2, 0.25) is 5.91 Å². The number of hydrogen-bond acceptors (Lipinski definition) is 4. The summed E-state index contributed by atoms with van der Waals surface area (Å²) in [5, 5.41) is 9.35. The molecule has 1 amide bonds. The highest BCUT2D eigenvalue weighted by atomic mass is 127. The monoisotopic (exact) mass is 523 g/mol. The molecule has 0 unspecified atom stereocenters. The number of halogens is 1. The van der Waals surface area contributed by atoms with Crippen LogP contribution < -0.4 is 20.7 Å². The highest BCUT2D eigenvalue weighted by molar-refractivity contribution is 14.0. The summed E-state index contributed by atoms with van der Waals surface area (Å²) in [5.41, 5.74) is 3.44. The van der Waals surface area contributed by atoms with Gasteiger partial charge in [0, 0.05) is 31.6 Å². The summed E-state index contributed by atoms with van der Waals surface area (Å²) in [6, 6.07) is 11.9. The van der Waals surface area contributed by atoms with Gasteiger partial charge in [-0.15, -0.1) is 24.0 Å². The van der Waals surface area contributed by atoms with Crippen LogP contribution in [0.15, 0.2) is 41.4 Å². The summed E-state index contributed by atoms with van der Waals surface area (Å²) in [5.74, 6) is 2.21. The molecular weight excluding hydrogens is 493 g/mol. The number of hydrogen-bond donors (Lipinski definition) is 3. The minimum absolute atomic E-state index is 0. The standard InChI is InChI=1S/C22H29N5O2.HI/c1-3-23-22(24-12-9-17-7-8-19-18(15-17)11-14-29-19)25-13-10-21(28)27-20-6-4-5-16(2)26-20;/h4-8,15H,3,9-14H2,1-2H3,(H2,23,24,25)(H,26,27,28);1H. The first-order valence-corrected chi connectivity index (χ1v) is 10.1. The van der Waals surface area contributed by atoms with Crippen LogP contribution in [0.4, 0.5) is 5.82 Å². The van der Waals surface area contributed by atoms with Gasteiger partial charge in [0.25, 0.3) is 0 Å². The second kappa shape index (κ2) is 12.4. The van der Waals surface area contributed by atoms with E-state index in [1.807, 2.05) is 26.0 Å². The summed E-state index contributed by atoms with van der Waals surface area (Å²) in [6.45, 7) is 6.63. The predicted molar refractivity (Wildman–Crippen MR) is 131 cm³/mol. The number of carbonyl (C=O) groups excluding carboxylic acids is 1. The SMILES string of the molecule is CCNC(=NCCC(=O)Nc1cccc(C)n1)NCCc1ccc2c(c1)CCO2.I. The molecule has 2 heterocycles. The number of nitrogens with zero attached hydrogens (tertiary/aromatic N) is 2.